The molecular weight excluding hydrogens is 464 g/mol. The SMILES string of the molecule is CN(C)C=C(C#N)[C@H]1O[C@H](COCc2ccccc2)[C@@H](OCc2ccccc2)[C@@H]1OCc1ccccc1. The molecule has 6 nitrogen and oxygen atoms in total. The highest BCUT2D eigenvalue weighted by Crippen LogP contribution is 2.33. The minimum atomic E-state index is -0.581. The van der Waals surface area contributed by atoms with Crippen LogP contribution in [0.15, 0.2) is 103 Å². The van der Waals surface area contributed by atoms with Crippen LogP contribution in [0.1, 0.15) is 16.7 Å². The largest absolute Gasteiger partial charge is 0.383 e. The predicted octanol–water partition coefficient (Wildman–Crippen LogP) is 5.11. The summed E-state index contributed by atoms with van der Waals surface area (Å²) in [7, 11) is 3.77. The van der Waals surface area contributed by atoms with Crippen LogP contribution in [0.2, 0.25) is 0 Å². The van der Waals surface area contributed by atoms with Gasteiger partial charge in [-0.15, -0.1) is 0 Å². The lowest BCUT2D eigenvalue weighted by atomic mass is 10.0. The molecule has 4 atom stereocenters. The average Bonchev–Trinajstić information content (AvgIpc) is 3.28. The standard InChI is InChI=1S/C31H34N2O4/c1-33(2)19-27(18-32)29-31(36-22-26-16-10-5-11-17-26)30(35-21-25-14-8-4-9-15-25)28(37-29)23-34-20-24-12-6-3-7-13-24/h3-17,19,28-31H,20-23H2,1-2H3/t28-,29-,30-,31-/m1/s1. The van der Waals surface area contributed by atoms with Crippen molar-refractivity contribution >= 4 is 0 Å². The van der Waals surface area contributed by atoms with E-state index in [2.05, 4.69) is 6.07 Å². The van der Waals surface area contributed by atoms with Crippen LogP contribution in [-0.4, -0.2) is 50.0 Å². The molecule has 1 heterocycles. The second-order valence-corrected chi connectivity index (χ2v) is 9.28. The van der Waals surface area contributed by atoms with Gasteiger partial charge in [0.05, 0.1) is 38.1 Å². The van der Waals surface area contributed by atoms with Crippen molar-refractivity contribution in [3.8, 4) is 6.07 Å². The maximum Gasteiger partial charge on any atom is 0.123 e. The van der Waals surface area contributed by atoms with Gasteiger partial charge < -0.3 is 23.8 Å². The lowest BCUT2D eigenvalue weighted by Crippen LogP contribution is -2.39. The first-order valence-electron chi connectivity index (χ1n) is 12.5. The van der Waals surface area contributed by atoms with Crippen LogP contribution >= 0.6 is 0 Å². The maximum atomic E-state index is 9.99. The predicted molar refractivity (Wildman–Crippen MR) is 142 cm³/mol. The van der Waals surface area contributed by atoms with Crippen molar-refractivity contribution in [2.45, 2.75) is 44.2 Å². The highest BCUT2D eigenvalue weighted by molar-refractivity contribution is 5.29. The third-order valence-corrected chi connectivity index (χ3v) is 6.11. The Hall–Kier alpha value is -3.47. The van der Waals surface area contributed by atoms with Gasteiger partial charge in [0.1, 0.15) is 24.4 Å². The fourth-order valence-electron chi connectivity index (χ4n) is 4.34. The maximum absolute atomic E-state index is 9.99. The molecule has 1 aliphatic heterocycles. The lowest BCUT2D eigenvalue weighted by Gasteiger charge is -2.25. The summed E-state index contributed by atoms with van der Waals surface area (Å²) >= 11 is 0. The van der Waals surface area contributed by atoms with Crippen molar-refractivity contribution in [2.24, 2.45) is 0 Å². The quantitative estimate of drug-likeness (QED) is 0.324. The number of rotatable bonds is 12. The molecule has 1 saturated heterocycles. The number of ether oxygens (including phenoxy) is 4. The summed E-state index contributed by atoms with van der Waals surface area (Å²) < 4.78 is 25.4. The third kappa shape index (κ3) is 7.75. The molecule has 3 aromatic rings. The van der Waals surface area contributed by atoms with Gasteiger partial charge in [-0.2, -0.15) is 5.26 Å². The van der Waals surface area contributed by atoms with Gasteiger partial charge >= 0.3 is 0 Å². The van der Waals surface area contributed by atoms with Crippen LogP contribution in [-0.2, 0) is 38.8 Å². The fourth-order valence-corrected chi connectivity index (χ4v) is 4.34. The Labute approximate surface area is 219 Å². The van der Waals surface area contributed by atoms with Crippen molar-refractivity contribution in [2.75, 3.05) is 20.7 Å². The van der Waals surface area contributed by atoms with Gasteiger partial charge in [0.15, 0.2) is 0 Å². The highest BCUT2D eigenvalue weighted by Gasteiger charge is 2.48. The summed E-state index contributed by atoms with van der Waals surface area (Å²) in [4.78, 5) is 1.84. The second kappa shape index (κ2) is 13.7. The number of hydrogen-bond acceptors (Lipinski definition) is 6. The molecule has 0 bridgehead atoms. The van der Waals surface area contributed by atoms with Crippen molar-refractivity contribution in [3.05, 3.63) is 119 Å². The Morgan fingerprint density at radius 3 is 1.76 bits per heavy atom. The Morgan fingerprint density at radius 2 is 1.27 bits per heavy atom. The van der Waals surface area contributed by atoms with Crippen LogP contribution < -0.4 is 0 Å². The Kier molecular flexibility index (Phi) is 9.87. The first-order valence-corrected chi connectivity index (χ1v) is 12.5. The van der Waals surface area contributed by atoms with Crippen molar-refractivity contribution in [3.63, 3.8) is 0 Å². The second-order valence-electron chi connectivity index (χ2n) is 9.28. The molecule has 0 N–H and O–H groups in total. The van der Waals surface area contributed by atoms with Gasteiger partial charge in [-0.3, -0.25) is 0 Å². The van der Waals surface area contributed by atoms with Crippen LogP contribution in [0.5, 0.6) is 0 Å². The molecule has 1 fully saturated rings. The van der Waals surface area contributed by atoms with Gasteiger partial charge in [-0.25, -0.2) is 0 Å². The van der Waals surface area contributed by atoms with E-state index in [4.69, 9.17) is 18.9 Å². The molecule has 0 amide bonds. The summed E-state index contributed by atoms with van der Waals surface area (Å²) in [5, 5.41) is 9.99. The Bertz CT molecular complexity index is 1150. The Morgan fingerprint density at radius 1 is 0.784 bits per heavy atom. The molecular formula is C31H34N2O4. The first-order chi connectivity index (χ1) is 18.1. The van der Waals surface area contributed by atoms with Crippen LogP contribution in [0.25, 0.3) is 0 Å². The van der Waals surface area contributed by atoms with Gasteiger partial charge in [0.25, 0.3) is 0 Å². The zero-order chi connectivity index (χ0) is 25.9. The van der Waals surface area contributed by atoms with E-state index in [0.29, 0.717) is 32.0 Å². The number of hydrogen-bond donors (Lipinski definition) is 0. The minimum absolute atomic E-state index is 0.316. The van der Waals surface area contributed by atoms with E-state index >= 15 is 0 Å². The van der Waals surface area contributed by atoms with E-state index in [-0.39, 0.29) is 0 Å². The lowest BCUT2D eigenvalue weighted by molar-refractivity contribution is -0.0896. The summed E-state index contributed by atoms with van der Waals surface area (Å²) in [5.74, 6) is 0. The molecule has 0 aliphatic carbocycles. The van der Waals surface area contributed by atoms with E-state index < -0.39 is 24.4 Å². The summed E-state index contributed by atoms with van der Waals surface area (Å²) in [6.07, 6.45) is -0.117. The van der Waals surface area contributed by atoms with Crippen LogP contribution in [0.3, 0.4) is 0 Å². The molecule has 37 heavy (non-hydrogen) atoms. The Balaban J connectivity index is 1.56. The average molecular weight is 499 g/mol. The van der Waals surface area contributed by atoms with Crippen LogP contribution in [0.4, 0.5) is 0 Å². The smallest absolute Gasteiger partial charge is 0.123 e. The molecule has 6 heteroatoms. The number of benzene rings is 3. The van der Waals surface area contributed by atoms with E-state index in [1.807, 2.05) is 110 Å². The van der Waals surface area contributed by atoms with E-state index in [1.165, 1.54) is 0 Å². The molecule has 0 aromatic heterocycles. The molecule has 3 aromatic carbocycles. The molecule has 0 spiro atoms. The summed E-state index contributed by atoms with van der Waals surface area (Å²) in [6, 6.07) is 32.3. The molecule has 0 unspecified atom stereocenters. The van der Waals surface area contributed by atoms with E-state index in [0.717, 1.165) is 16.7 Å². The van der Waals surface area contributed by atoms with Crippen molar-refractivity contribution in [1.29, 1.82) is 5.26 Å². The van der Waals surface area contributed by atoms with Crippen molar-refractivity contribution < 1.29 is 18.9 Å². The number of nitriles is 1. The van der Waals surface area contributed by atoms with E-state index in [9.17, 15) is 5.26 Å². The summed E-state index contributed by atoms with van der Waals surface area (Å²) in [5.41, 5.74) is 3.67. The van der Waals surface area contributed by atoms with Gasteiger partial charge in [-0.1, -0.05) is 91.0 Å². The van der Waals surface area contributed by atoms with E-state index in [1.54, 1.807) is 6.20 Å². The molecule has 0 radical (unpaired) electrons. The zero-order valence-electron chi connectivity index (χ0n) is 21.4. The zero-order valence-corrected chi connectivity index (χ0v) is 21.4. The molecule has 1 aliphatic rings. The van der Waals surface area contributed by atoms with Gasteiger partial charge in [-0.05, 0) is 16.7 Å². The monoisotopic (exact) mass is 498 g/mol. The topological polar surface area (TPSA) is 64.0 Å². The first kappa shape index (κ1) is 26.6. The minimum Gasteiger partial charge on any atom is -0.383 e. The normalized spacial score (nSPS) is 21.5. The molecule has 0 saturated carbocycles. The van der Waals surface area contributed by atoms with Crippen molar-refractivity contribution in [1.82, 2.24) is 4.90 Å². The highest BCUT2D eigenvalue weighted by atomic mass is 16.6. The van der Waals surface area contributed by atoms with Gasteiger partial charge in [0, 0.05) is 20.3 Å². The number of nitrogens with zero attached hydrogens (tertiary/aromatic N) is 2. The van der Waals surface area contributed by atoms with Crippen LogP contribution in [0, 0.1) is 11.3 Å². The summed E-state index contributed by atoms with van der Waals surface area (Å²) in [6.45, 7) is 1.57. The molecule has 4 rings (SSSR count). The van der Waals surface area contributed by atoms with Gasteiger partial charge in [0.2, 0.25) is 0 Å². The molecule has 192 valence electrons. The third-order valence-electron chi connectivity index (χ3n) is 6.11. The fraction of sp³-hybridized carbons (Fsp3) is 0.323.